The maximum atomic E-state index is 12.3. The van der Waals surface area contributed by atoms with Crippen LogP contribution in [0.25, 0.3) is 0 Å². The van der Waals surface area contributed by atoms with Crippen LogP contribution in [0, 0.1) is 0 Å². The summed E-state index contributed by atoms with van der Waals surface area (Å²) >= 11 is 16.1. The molecule has 0 radical (unpaired) electrons. The second kappa shape index (κ2) is 19.9. The number of hydrogen-bond donors (Lipinski definition) is 4. The molecule has 0 saturated heterocycles. The number of thiophene rings is 2. The summed E-state index contributed by atoms with van der Waals surface area (Å²) in [6.07, 6.45) is 1.93. The number of methoxy groups -OCH3 is 2. The van der Waals surface area contributed by atoms with Crippen molar-refractivity contribution < 1.29 is 54.1 Å². The van der Waals surface area contributed by atoms with Gasteiger partial charge < -0.3 is 9.47 Å². The third kappa shape index (κ3) is 13.8. The number of fused-ring (bicyclic) bond motifs is 2. The van der Waals surface area contributed by atoms with Crippen LogP contribution in [0.2, 0.25) is 10.0 Å². The van der Waals surface area contributed by atoms with Crippen LogP contribution in [0.15, 0.2) is 71.4 Å². The monoisotopic (exact) mass is 838 g/mol. The van der Waals surface area contributed by atoms with E-state index in [0.717, 1.165) is 50.1 Å². The molecule has 20 heteroatoms. The molecule has 0 aliphatic carbocycles. The maximum Gasteiger partial charge on any atom is 0.394 e. The van der Waals surface area contributed by atoms with E-state index in [1.807, 2.05) is 48.5 Å². The van der Waals surface area contributed by atoms with Gasteiger partial charge in [0.2, 0.25) is 0 Å². The van der Waals surface area contributed by atoms with Crippen LogP contribution in [0.4, 0.5) is 0 Å². The Balaban J connectivity index is 0.000000223. The van der Waals surface area contributed by atoms with Crippen LogP contribution in [0.5, 0.6) is 0 Å². The highest BCUT2D eigenvalue weighted by Crippen LogP contribution is 2.35. The molecule has 0 bridgehead atoms. The lowest BCUT2D eigenvalue weighted by Crippen LogP contribution is -2.38. The van der Waals surface area contributed by atoms with Crippen LogP contribution in [-0.4, -0.2) is 84.1 Å². The Morgan fingerprint density at radius 2 is 0.981 bits per heavy atom. The lowest BCUT2D eigenvalue weighted by atomic mass is 10.0. The second-order valence-corrected chi connectivity index (χ2v) is 15.6. The second-order valence-electron chi connectivity index (χ2n) is 11.0. The zero-order chi connectivity index (χ0) is 38.6. The molecule has 2 aromatic carbocycles. The zero-order valence-electron chi connectivity index (χ0n) is 27.7. The van der Waals surface area contributed by atoms with Gasteiger partial charge in [-0.3, -0.25) is 28.0 Å². The number of hydrogen-bond acceptors (Lipinski definition) is 12. The van der Waals surface area contributed by atoms with Crippen molar-refractivity contribution in [3.05, 3.63) is 113 Å². The molecule has 2 aromatic heterocycles. The van der Waals surface area contributed by atoms with Gasteiger partial charge in [0.05, 0.1) is 14.2 Å². The van der Waals surface area contributed by atoms with E-state index in [0.29, 0.717) is 10.0 Å². The standard InChI is InChI=1S/2C16H16ClNO2S.2H2O4S/c2*1-20-16(19)15(12-4-2-3-5-13(12)17)18-8-6-14-11(10-18)7-9-21-14;2*1-5(2,3)4/h2*2-5,7,9,15H,6,8,10H2,1H3;2*(H2,1,2,3,4)/t2*15-;;/m00../s1. The van der Waals surface area contributed by atoms with Crippen LogP contribution in [-0.2, 0) is 65.8 Å². The molecule has 284 valence electrons. The minimum Gasteiger partial charge on any atom is -0.468 e. The lowest BCUT2D eigenvalue weighted by Gasteiger charge is -2.33. The molecule has 4 aromatic rings. The van der Waals surface area contributed by atoms with Gasteiger partial charge in [0, 0.05) is 46.0 Å². The average molecular weight is 840 g/mol. The number of carbonyl (C=O) groups excluding carboxylic acids is 2. The number of benzene rings is 2. The molecule has 0 spiro atoms. The van der Waals surface area contributed by atoms with Gasteiger partial charge in [-0.25, -0.2) is 9.59 Å². The van der Waals surface area contributed by atoms with Crippen molar-refractivity contribution in [2.24, 2.45) is 0 Å². The Kier molecular flexibility index (Phi) is 16.6. The minimum atomic E-state index is -4.67. The number of carbonyl (C=O) groups is 2. The molecule has 6 rings (SSSR count). The molecular formula is C32H36Cl2N2O12S4. The zero-order valence-corrected chi connectivity index (χ0v) is 32.4. The fourth-order valence-electron chi connectivity index (χ4n) is 5.54. The summed E-state index contributed by atoms with van der Waals surface area (Å²) in [6, 6.07) is 18.3. The van der Waals surface area contributed by atoms with Crippen molar-refractivity contribution in [2.75, 3.05) is 27.3 Å². The third-order valence-electron chi connectivity index (χ3n) is 7.65. The number of ether oxygens (including phenoxy) is 2. The van der Waals surface area contributed by atoms with E-state index >= 15 is 0 Å². The molecule has 0 fully saturated rings. The minimum absolute atomic E-state index is 0.262. The van der Waals surface area contributed by atoms with E-state index in [4.69, 9.17) is 67.7 Å². The Hall–Kier alpha value is -2.98. The van der Waals surface area contributed by atoms with E-state index in [1.54, 1.807) is 22.7 Å². The van der Waals surface area contributed by atoms with Gasteiger partial charge in [-0.1, -0.05) is 59.6 Å². The molecule has 14 nitrogen and oxygen atoms in total. The van der Waals surface area contributed by atoms with E-state index in [2.05, 4.69) is 32.7 Å². The Bertz CT molecular complexity index is 1860. The third-order valence-corrected chi connectivity index (χ3v) is 10.4. The van der Waals surface area contributed by atoms with Gasteiger partial charge in [0.1, 0.15) is 12.1 Å². The Morgan fingerprint density at radius 3 is 1.29 bits per heavy atom. The van der Waals surface area contributed by atoms with Crippen molar-refractivity contribution in [3.63, 3.8) is 0 Å². The van der Waals surface area contributed by atoms with Crippen molar-refractivity contribution in [1.82, 2.24) is 9.80 Å². The predicted molar refractivity (Wildman–Crippen MR) is 198 cm³/mol. The van der Waals surface area contributed by atoms with E-state index in [1.165, 1.54) is 35.1 Å². The molecule has 4 N–H and O–H groups in total. The predicted octanol–water partition coefficient (Wildman–Crippen LogP) is 6.04. The van der Waals surface area contributed by atoms with E-state index < -0.39 is 32.9 Å². The summed E-state index contributed by atoms with van der Waals surface area (Å²) in [5.41, 5.74) is 4.22. The maximum absolute atomic E-state index is 12.3. The smallest absolute Gasteiger partial charge is 0.394 e. The molecule has 0 saturated carbocycles. The van der Waals surface area contributed by atoms with Gasteiger partial charge >= 0.3 is 32.7 Å². The quantitative estimate of drug-likeness (QED) is 0.129. The fourth-order valence-corrected chi connectivity index (χ4v) is 7.80. The molecule has 0 unspecified atom stereocenters. The van der Waals surface area contributed by atoms with Crippen LogP contribution in [0.1, 0.15) is 44.1 Å². The Labute approximate surface area is 319 Å². The van der Waals surface area contributed by atoms with Gasteiger partial charge in [-0.05, 0) is 70.1 Å². The molecule has 52 heavy (non-hydrogen) atoms. The number of nitrogens with zero attached hydrogens (tertiary/aromatic N) is 2. The van der Waals surface area contributed by atoms with E-state index in [9.17, 15) is 9.59 Å². The summed E-state index contributed by atoms with van der Waals surface area (Å²) in [4.78, 5) is 31.7. The number of rotatable bonds is 6. The SMILES string of the molecule is COC(=O)[C@H](c1ccccc1Cl)N1CCc2sccc2C1.COC(=O)[C@H](c1ccccc1Cl)N1CCc2sccc2C1.O=S(=O)(O)O.O=S(=O)(O)O. The highest BCUT2D eigenvalue weighted by Gasteiger charge is 2.34. The van der Waals surface area contributed by atoms with Crippen molar-refractivity contribution in [1.29, 1.82) is 0 Å². The molecular weight excluding hydrogens is 804 g/mol. The van der Waals surface area contributed by atoms with Gasteiger partial charge in [0.25, 0.3) is 0 Å². The summed E-state index contributed by atoms with van der Waals surface area (Å²) < 4.78 is 73.2. The van der Waals surface area contributed by atoms with Crippen LogP contribution in [0.3, 0.4) is 0 Å². The lowest BCUT2D eigenvalue weighted by molar-refractivity contribution is -0.148. The molecule has 2 aliphatic rings. The average Bonchev–Trinajstić information content (AvgIpc) is 3.74. The first-order valence-corrected chi connectivity index (χ1v) is 20.3. The van der Waals surface area contributed by atoms with Crippen molar-refractivity contribution in [2.45, 2.75) is 38.0 Å². The first-order chi connectivity index (χ1) is 24.4. The molecule has 2 atom stereocenters. The number of esters is 2. The first-order valence-electron chi connectivity index (χ1n) is 15.0. The highest BCUT2D eigenvalue weighted by atomic mass is 35.5. The summed E-state index contributed by atoms with van der Waals surface area (Å²) in [5, 5.41) is 5.42. The molecule has 0 amide bonds. The molecule has 4 heterocycles. The van der Waals surface area contributed by atoms with Crippen molar-refractivity contribution >= 4 is 78.6 Å². The van der Waals surface area contributed by atoms with Crippen molar-refractivity contribution in [3.8, 4) is 0 Å². The number of halogens is 2. The normalized spacial score (nSPS) is 15.4. The summed E-state index contributed by atoms with van der Waals surface area (Å²) in [7, 11) is -6.49. The fraction of sp³-hybridized carbons (Fsp3) is 0.312. The van der Waals surface area contributed by atoms with Gasteiger partial charge in [-0.2, -0.15) is 16.8 Å². The first kappa shape index (κ1) is 43.4. The Morgan fingerprint density at radius 1 is 0.654 bits per heavy atom. The largest absolute Gasteiger partial charge is 0.468 e. The highest BCUT2D eigenvalue weighted by molar-refractivity contribution is 7.80. The van der Waals surface area contributed by atoms with Gasteiger partial charge in [0.15, 0.2) is 0 Å². The molecule has 2 aliphatic heterocycles. The summed E-state index contributed by atoms with van der Waals surface area (Å²) in [6.45, 7) is 3.17. The van der Waals surface area contributed by atoms with Gasteiger partial charge in [-0.15, -0.1) is 22.7 Å². The van der Waals surface area contributed by atoms with E-state index in [-0.39, 0.29) is 11.9 Å². The van der Waals surface area contributed by atoms with Crippen LogP contribution < -0.4 is 0 Å². The van der Waals surface area contributed by atoms with Crippen LogP contribution >= 0.6 is 45.9 Å². The summed E-state index contributed by atoms with van der Waals surface area (Å²) in [5.74, 6) is -0.524. The topological polar surface area (TPSA) is 208 Å².